The summed E-state index contributed by atoms with van der Waals surface area (Å²) in [7, 11) is 1.74. The largest absolute Gasteiger partial charge is 0.493 e. The van der Waals surface area contributed by atoms with Gasteiger partial charge in [-0.1, -0.05) is 6.07 Å². The molecular formula is C23H19ClF3N5O. The van der Waals surface area contributed by atoms with Crippen LogP contribution in [0.15, 0.2) is 48.9 Å². The van der Waals surface area contributed by atoms with E-state index in [1.54, 1.807) is 23.9 Å². The summed E-state index contributed by atoms with van der Waals surface area (Å²) >= 11 is 0. The van der Waals surface area contributed by atoms with Crippen LogP contribution < -0.4 is 4.74 Å². The molecule has 4 rings (SSSR count). The van der Waals surface area contributed by atoms with Crippen molar-refractivity contribution in [3.63, 3.8) is 0 Å². The number of pyridine rings is 2. The first-order valence-corrected chi connectivity index (χ1v) is 9.74. The van der Waals surface area contributed by atoms with E-state index in [4.69, 9.17) is 4.74 Å². The van der Waals surface area contributed by atoms with Gasteiger partial charge in [-0.2, -0.15) is 18.4 Å². The molecule has 3 heterocycles. The lowest BCUT2D eigenvalue weighted by Crippen LogP contribution is -2.11. The Morgan fingerprint density at radius 1 is 1.12 bits per heavy atom. The van der Waals surface area contributed by atoms with Crippen LogP contribution in [0.25, 0.3) is 22.3 Å². The number of ether oxygens (including phenoxy) is 1. The molecule has 1 aromatic carbocycles. The lowest BCUT2D eigenvalue weighted by Gasteiger charge is -2.15. The minimum atomic E-state index is -4.62. The van der Waals surface area contributed by atoms with E-state index in [1.807, 2.05) is 25.1 Å². The summed E-state index contributed by atoms with van der Waals surface area (Å²) in [6.07, 6.45) is -1.02. The topological polar surface area (TPSA) is 76.6 Å². The molecule has 0 aliphatic rings. The monoisotopic (exact) mass is 473 g/mol. The van der Waals surface area contributed by atoms with Crippen LogP contribution >= 0.6 is 12.4 Å². The first-order chi connectivity index (χ1) is 15.3. The van der Waals surface area contributed by atoms with Gasteiger partial charge in [-0.15, -0.1) is 12.4 Å². The number of nitrogens with zero attached hydrogens (tertiary/aromatic N) is 5. The van der Waals surface area contributed by atoms with Gasteiger partial charge in [0.2, 0.25) is 0 Å². The zero-order valence-corrected chi connectivity index (χ0v) is 18.5. The predicted molar refractivity (Wildman–Crippen MR) is 119 cm³/mol. The maximum Gasteiger partial charge on any atom is 0.419 e. The first-order valence-electron chi connectivity index (χ1n) is 9.74. The minimum absolute atomic E-state index is 0. The van der Waals surface area contributed by atoms with Crippen LogP contribution in [0.1, 0.15) is 22.5 Å². The quantitative estimate of drug-likeness (QED) is 0.394. The van der Waals surface area contributed by atoms with E-state index >= 15 is 0 Å². The van der Waals surface area contributed by atoms with Gasteiger partial charge in [0.15, 0.2) is 5.69 Å². The fourth-order valence-corrected chi connectivity index (χ4v) is 3.30. The lowest BCUT2D eigenvalue weighted by molar-refractivity contribution is -0.138. The Morgan fingerprint density at radius 2 is 1.91 bits per heavy atom. The van der Waals surface area contributed by atoms with Gasteiger partial charge in [-0.25, -0.2) is 9.97 Å². The fourth-order valence-electron chi connectivity index (χ4n) is 3.30. The molecule has 10 heteroatoms. The Morgan fingerprint density at radius 3 is 2.58 bits per heavy atom. The first kappa shape index (κ1) is 24.0. The number of benzene rings is 1. The van der Waals surface area contributed by atoms with Gasteiger partial charge < -0.3 is 9.30 Å². The number of nitriles is 1. The molecule has 0 aliphatic heterocycles. The highest BCUT2D eigenvalue weighted by Gasteiger charge is 2.35. The molecular weight excluding hydrogens is 455 g/mol. The minimum Gasteiger partial charge on any atom is -0.493 e. The molecule has 4 aromatic rings. The van der Waals surface area contributed by atoms with E-state index < -0.39 is 11.7 Å². The number of hydrogen-bond donors (Lipinski definition) is 0. The maximum absolute atomic E-state index is 13.8. The molecule has 0 radical (unpaired) electrons. The highest BCUT2D eigenvalue weighted by molar-refractivity contribution is 5.85. The molecule has 0 N–H and O–H groups in total. The smallest absolute Gasteiger partial charge is 0.419 e. The number of rotatable bonds is 5. The maximum atomic E-state index is 13.8. The number of hydrogen-bond acceptors (Lipinski definition) is 5. The van der Waals surface area contributed by atoms with Gasteiger partial charge >= 0.3 is 6.18 Å². The van der Waals surface area contributed by atoms with E-state index in [1.165, 1.54) is 18.5 Å². The SMILES string of the molecule is Cc1ccc(CCOc2ccc(-c3cc4c(ncn4C)c(C#N)n3)cc2C(F)(F)F)nc1.Cl. The number of halogens is 4. The molecule has 0 bridgehead atoms. The zero-order chi connectivity index (χ0) is 22.9. The second-order valence-electron chi connectivity index (χ2n) is 7.33. The van der Waals surface area contributed by atoms with Crippen LogP contribution in [0.4, 0.5) is 13.2 Å². The van der Waals surface area contributed by atoms with Crippen molar-refractivity contribution in [2.75, 3.05) is 6.61 Å². The molecule has 0 fully saturated rings. The third-order valence-corrected chi connectivity index (χ3v) is 4.99. The third kappa shape index (κ3) is 5.07. The lowest BCUT2D eigenvalue weighted by atomic mass is 10.1. The number of fused-ring (bicyclic) bond motifs is 1. The molecule has 170 valence electrons. The number of imidazole rings is 1. The molecule has 0 atom stereocenters. The van der Waals surface area contributed by atoms with E-state index in [2.05, 4.69) is 15.0 Å². The van der Waals surface area contributed by atoms with Crippen molar-refractivity contribution in [2.24, 2.45) is 7.05 Å². The Hall–Kier alpha value is -3.64. The van der Waals surface area contributed by atoms with E-state index in [-0.39, 0.29) is 41.7 Å². The Balaban J connectivity index is 0.00000306. The van der Waals surface area contributed by atoms with Crippen LogP contribution in [-0.4, -0.2) is 26.1 Å². The summed E-state index contributed by atoms with van der Waals surface area (Å²) in [4.78, 5) is 12.6. The van der Waals surface area contributed by atoms with Crippen molar-refractivity contribution in [3.05, 3.63) is 71.4 Å². The van der Waals surface area contributed by atoms with Crippen molar-refractivity contribution in [1.29, 1.82) is 5.26 Å². The molecule has 0 unspecified atom stereocenters. The Labute approximate surface area is 194 Å². The van der Waals surface area contributed by atoms with Gasteiger partial charge in [-0.3, -0.25) is 4.98 Å². The number of alkyl halides is 3. The fraction of sp³-hybridized carbons (Fsp3) is 0.217. The summed E-state index contributed by atoms with van der Waals surface area (Å²) < 4.78 is 48.5. The molecule has 3 aromatic heterocycles. The Bertz CT molecular complexity index is 1330. The highest BCUT2D eigenvalue weighted by Crippen LogP contribution is 2.39. The van der Waals surface area contributed by atoms with Crippen LogP contribution in [0.3, 0.4) is 0 Å². The third-order valence-electron chi connectivity index (χ3n) is 4.99. The molecule has 0 saturated heterocycles. The van der Waals surface area contributed by atoms with Gasteiger partial charge in [0.05, 0.1) is 29.7 Å². The summed E-state index contributed by atoms with van der Waals surface area (Å²) in [5.41, 5.74) is 2.36. The second-order valence-corrected chi connectivity index (χ2v) is 7.33. The molecule has 0 aliphatic carbocycles. The van der Waals surface area contributed by atoms with E-state index in [0.717, 1.165) is 17.3 Å². The van der Waals surface area contributed by atoms with Crippen LogP contribution in [0.2, 0.25) is 0 Å². The molecule has 6 nitrogen and oxygen atoms in total. The van der Waals surface area contributed by atoms with E-state index in [9.17, 15) is 18.4 Å². The Kier molecular flexibility index (Phi) is 6.89. The van der Waals surface area contributed by atoms with Gasteiger partial charge in [0, 0.05) is 30.9 Å². The normalized spacial score (nSPS) is 11.2. The number of aromatic nitrogens is 4. The van der Waals surface area contributed by atoms with Crippen LogP contribution in [0, 0.1) is 18.3 Å². The van der Waals surface area contributed by atoms with Gasteiger partial charge in [-0.05, 0) is 42.8 Å². The van der Waals surface area contributed by atoms with Crippen molar-refractivity contribution in [1.82, 2.24) is 19.5 Å². The van der Waals surface area contributed by atoms with Crippen molar-refractivity contribution in [2.45, 2.75) is 19.5 Å². The standard InChI is InChI=1S/C23H18F3N5O.ClH/c1-14-3-5-16(28-12-14)7-8-32-21-6-4-15(9-17(21)23(24,25)26)18-10-20-22(19(11-27)30-18)29-13-31(20)2;/h3-6,9-10,12-13H,7-8H2,1-2H3;1H. The van der Waals surface area contributed by atoms with Crippen molar-refractivity contribution < 1.29 is 17.9 Å². The summed E-state index contributed by atoms with van der Waals surface area (Å²) in [5, 5.41) is 9.38. The van der Waals surface area contributed by atoms with Gasteiger partial charge in [0.25, 0.3) is 0 Å². The molecule has 0 amide bonds. The average molecular weight is 474 g/mol. The highest BCUT2D eigenvalue weighted by atomic mass is 35.5. The van der Waals surface area contributed by atoms with E-state index in [0.29, 0.717) is 17.5 Å². The summed E-state index contributed by atoms with van der Waals surface area (Å²) in [6.45, 7) is 1.96. The van der Waals surface area contributed by atoms with Gasteiger partial charge in [0.1, 0.15) is 17.3 Å². The second kappa shape index (κ2) is 9.46. The zero-order valence-electron chi connectivity index (χ0n) is 17.7. The summed E-state index contributed by atoms with van der Waals surface area (Å²) in [6, 6.07) is 11.0. The molecule has 33 heavy (non-hydrogen) atoms. The molecule has 0 spiro atoms. The number of aryl methyl sites for hydroxylation is 2. The van der Waals surface area contributed by atoms with Crippen LogP contribution in [0.5, 0.6) is 5.75 Å². The average Bonchev–Trinajstić information content (AvgIpc) is 3.15. The predicted octanol–water partition coefficient (Wildman–Crippen LogP) is 5.27. The molecule has 0 saturated carbocycles. The summed E-state index contributed by atoms with van der Waals surface area (Å²) in [5.74, 6) is -0.268. The van der Waals surface area contributed by atoms with Crippen LogP contribution in [-0.2, 0) is 19.6 Å². The van der Waals surface area contributed by atoms with Crippen molar-refractivity contribution >= 4 is 23.4 Å². The van der Waals surface area contributed by atoms with Crippen molar-refractivity contribution in [3.8, 4) is 23.1 Å².